The molecular weight excluding hydrogens is 253 g/mol. The van der Waals surface area contributed by atoms with Gasteiger partial charge in [0.2, 0.25) is 0 Å². The lowest BCUT2D eigenvalue weighted by molar-refractivity contribution is 0.690. The Balaban J connectivity index is 1.68. The Morgan fingerprint density at radius 2 is 2.00 bits per heavy atom. The summed E-state index contributed by atoms with van der Waals surface area (Å²) in [5.74, 6) is 0. The number of benzene rings is 1. The monoisotopic (exact) mass is 269 g/mol. The number of hydrogen-bond donors (Lipinski definition) is 1. The van der Waals surface area contributed by atoms with Gasteiger partial charge in [-0.15, -0.1) is 0 Å². The van der Waals surface area contributed by atoms with Crippen molar-refractivity contribution in [2.45, 2.75) is 31.7 Å². The third kappa shape index (κ3) is 4.71. The van der Waals surface area contributed by atoms with Gasteiger partial charge in [-0.2, -0.15) is 0 Å². The number of allylic oxidation sites excluding steroid dienone is 1. The first-order valence-corrected chi connectivity index (χ1v) is 6.83. The molecule has 0 spiro atoms. The van der Waals surface area contributed by atoms with Gasteiger partial charge in [0.05, 0.1) is 10.0 Å². The maximum Gasteiger partial charge on any atom is 0.0595 e. The summed E-state index contributed by atoms with van der Waals surface area (Å²) in [6.07, 6.45) is 9.13. The number of rotatable bonds is 6. The molecule has 1 fully saturated rings. The van der Waals surface area contributed by atoms with Crippen molar-refractivity contribution in [3.63, 3.8) is 0 Å². The molecule has 1 aromatic rings. The Hall–Kier alpha value is -0.500. The van der Waals surface area contributed by atoms with Gasteiger partial charge in [-0.05, 0) is 49.9 Å². The van der Waals surface area contributed by atoms with Crippen molar-refractivity contribution in [2.75, 3.05) is 6.54 Å². The minimum atomic E-state index is 0.619. The molecule has 1 nitrogen and oxygen atoms in total. The molecule has 17 heavy (non-hydrogen) atoms. The summed E-state index contributed by atoms with van der Waals surface area (Å²) in [7, 11) is 0. The SMILES string of the molecule is Clc1ccc(CC=CCCNC2CC2)cc1Cl. The van der Waals surface area contributed by atoms with E-state index in [-0.39, 0.29) is 0 Å². The first kappa shape index (κ1) is 12.9. The van der Waals surface area contributed by atoms with E-state index in [4.69, 9.17) is 23.2 Å². The zero-order valence-corrected chi connectivity index (χ0v) is 11.3. The zero-order valence-electron chi connectivity index (χ0n) is 9.76. The molecule has 1 N–H and O–H groups in total. The molecule has 0 amide bonds. The van der Waals surface area contributed by atoms with E-state index in [1.165, 1.54) is 18.4 Å². The number of nitrogens with one attached hydrogen (secondary N) is 1. The van der Waals surface area contributed by atoms with Gasteiger partial charge in [0.25, 0.3) is 0 Å². The fourth-order valence-corrected chi connectivity index (χ4v) is 1.98. The standard InChI is InChI=1S/C14H17Cl2N/c15-13-8-5-11(10-14(13)16)4-2-1-3-9-17-12-6-7-12/h1-2,5,8,10,12,17H,3-4,6-7,9H2. The molecule has 92 valence electrons. The normalized spacial score (nSPS) is 15.6. The molecule has 0 aliphatic heterocycles. The van der Waals surface area contributed by atoms with Crippen LogP contribution < -0.4 is 5.32 Å². The minimum absolute atomic E-state index is 0.619. The van der Waals surface area contributed by atoms with Gasteiger partial charge in [0.1, 0.15) is 0 Å². The fraction of sp³-hybridized carbons (Fsp3) is 0.429. The topological polar surface area (TPSA) is 12.0 Å². The van der Waals surface area contributed by atoms with Crippen LogP contribution in [0.25, 0.3) is 0 Å². The van der Waals surface area contributed by atoms with Gasteiger partial charge >= 0.3 is 0 Å². The van der Waals surface area contributed by atoms with Crippen LogP contribution in [0.2, 0.25) is 10.0 Å². The van der Waals surface area contributed by atoms with E-state index in [9.17, 15) is 0 Å². The van der Waals surface area contributed by atoms with Crippen molar-refractivity contribution in [1.82, 2.24) is 5.32 Å². The third-order valence-corrected chi connectivity index (χ3v) is 3.56. The van der Waals surface area contributed by atoms with Gasteiger partial charge in [0.15, 0.2) is 0 Å². The van der Waals surface area contributed by atoms with Crippen molar-refractivity contribution >= 4 is 23.2 Å². The van der Waals surface area contributed by atoms with Crippen molar-refractivity contribution in [3.05, 3.63) is 46.0 Å². The summed E-state index contributed by atoms with van der Waals surface area (Å²) in [6.45, 7) is 1.09. The summed E-state index contributed by atoms with van der Waals surface area (Å²) in [5.41, 5.74) is 1.20. The highest BCUT2D eigenvalue weighted by molar-refractivity contribution is 6.42. The largest absolute Gasteiger partial charge is 0.314 e. The third-order valence-electron chi connectivity index (χ3n) is 2.83. The molecule has 0 saturated heterocycles. The highest BCUT2D eigenvalue weighted by Gasteiger charge is 2.19. The number of halogens is 2. The average molecular weight is 270 g/mol. The molecule has 0 unspecified atom stereocenters. The Morgan fingerprint density at radius 3 is 2.71 bits per heavy atom. The summed E-state index contributed by atoms with van der Waals surface area (Å²) < 4.78 is 0. The zero-order chi connectivity index (χ0) is 12.1. The van der Waals surface area contributed by atoms with Crippen molar-refractivity contribution in [3.8, 4) is 0 Å². The lowest BCUT2D eigenvalue weighted by atomic mass is 10.1. The second kappa shape index (κ2) is 6.44. The molecule has 0 bridgehead atoms. The van der Waals surface area contributed by atoms with Crippen LogP contribution in [0.4, 0.5) is 0 Å². The highest BCUT2D eigenvalue weighted by Crippen LogP contribution is 2.22. The van der Waals surface area contributed by atoms with E-state index in [1.807, 2.05) is 18.2 Å². The van der Waals surface area contributed by atoms with Crippen LogP contribution in [0.3, 0.4) is 0 Å². The molecule has 3 heteroatoms. The van der Waals surface area contributed by atoms with E-state index in [0.29, 0.717) is 10.0 Å². The minimum Gasteiger partial charge on any atom is -0.314 e. The lowest BCUT2D eigenvalue weighted by Crippen LogP contribution is -2.16. The second-order valence-electron chi connectivity index (χ2n) is 4.44. The van der Waals surface area contributed by atoms with Crippen LogP contribution in [-0.4, -0.2) is 12.6 Å². The van der Waals surface area contributed by atoms with E-state index >= 15 is 0 Å². The molecule has 0 heterocycles. The smallest absolute Gasteiger partial charge is 0.0595 e. The van der Waals surface area contributed by atoms with Gasteiger partial charge in [-0.3, -0.25) is 0 Å². The van der Waals surface area contributed by atoms with Crippen LogP contribution in [0, 0.1) is 0 Å². The summed E-state index contributed by atoms with van der Waals surface area (Å²) in [5, 5.41) is 4.73. The Labute approximate surface area is 113 Å². The fourth-order valence-electron chi connectivity index (χ4n) is 1.66. The summed E-state index contributed by atoms with van der Waals surface area (Å²) >= 11 is 11.8. The van der Waals surface area contributed by atoms with Crippen LogP contribution in [0.1, 0.15) is 24.8 Å². The Kier molecular flexibility index (Phi) is 4.90. The molecule has 0 radical (unpaired) electrons. The summed E-state index contributed by atoms with van der Waals surface area (Å²) in [4.78, 5) is 0. The van der Waals surface area contributed by atoms with E-state index in [2.05, 4.69) is 17.5 Å². The maximum atomic E-state index is 5.95. The molecule has 1 aliphatic rings. The predicted molar refractivity (Wildman–Crippen MR) is 74.9 cm³/mol. The highest BCUT2D eigenvalue weighted by atomic mass is 35.5. The average Bonchev–Trinajstić information content (AvgIpc) is 3.12. The van der Waals surface area contributed by atoms with Crippen molar-refractivity contribution < 1.29 is 0 Å². The van der Waals surface area contributed by atoms with E-state index < -0.39 is 0 Å². The van der Waals surface area contributed by atoms with Crippen LogP contribution in [-0.2, 0) is 6.42 Å². The molecule has 1 saturated carbocycles. The quantitative estimate of drug-likeness (QED) is 0.602. The molecule has 2 rings (SSSR count). The van der Waals surface area contributed by atoms with E-state index in [0.717, 1.165) is 25.4 Å². The molecule has 0 aromatic heterocycles. The second-order valence-corrected chi connectivity index (χ2v) is 5.26. The van der Waals surface area contributed by atoms with Crippen molar-refractivity contribution in [1.29, 1.82) is 0 Å². The Bertz CT molecular complexity index is 397. The first-order chi connectivity index (χ1) is 8.25. The van der Waals surface area contributed by atoms with Gasteiger partial charge in [-0.25, -0.2) is 0 Å². The molecular formula is C14H17Cl2N. The van der Waals surface area contributed by atoms with Crippen molar-refractivity contribution in [2.24, 2.45) is 0 Å². The molecule has 1 aromatic carbocycles. The summed E-state index contributed by atoms with van der Waals surface area (Å²) in [6, 6.07) is 6.60. The van der Waals surface area contributed by atoms with Crippen LogP contribution in [0.15, 0.2) is 30.4 Å². The molecule has 0 atom stereocenters. The lowest BCUT2D eigenvalue weighted by Gasteiger charge is -2.00. The predicted octanol–water partition coefficient (Wildman–Crippen LogP) is 4.23. The van der Waals surface area contributed by atoms with E-state index in [1.54, 1.807) is 0 Å². The first-order valence-electron chi connectivity index (χ1n) is 6.08. The van der Waals surface area contributed by atoms with Gasteiger partial charge in [0, 0.05) is 6.04 Å². The van der Waals surface area contributed by atoms with Crippen LogP contribution in [0.5, 0.6) is 0 Å². The maximum absolute atomic E-state index is 5.95. The molecule has 1 aliphatic carbocycles. The van der Waals surface area contributed by atoms with Gasteiger partial charge in [-0.1, -0.05) is 41.4 Å². The Morgan fingerprint density at radius 1 is 1.18 bits per heavy atom. The number of hydrogen-bond acceptors (Lipinski definition) is 1. The van der Waals surface area contributed by atoms with Crippen LogP contribution >= 0.6 is 23.2 Å². The van der Waals surface area contributed by atoms with Gasteiger partial charge < -0.3 is 5.32 Å².